The molecule has 76 valence electrons. The van der Waals surface area contributed by atoms with Gasteiger partial charge in [0.25, 0.3) is 5.24 Å². The van der Waals surface area contributed by atoms with Gasteiger partial charge in [-0.15, -0.1) is 0 Å². The van der Waals surface area contributed by atoms with Crippen LogP contribution in [0, 0.1) is 0 Å². The van der Waals surface area contributed by atoms with Gasteiger partial charge in [0, 0.05) is 12.0 Å². The molecule has 0 amide bonds. The van der Waals surface area contributed by atoms with Crippen LogP contribution >= 0.6 is 11.6 Å². The molecule has 0 bridgehead atoms. The Hall–Kier alpha value is -0.860. The quantitative estimate of drug-likeness (QED) is 0.782. The van der Waals surface area contributed by atoms with E-state index >= 15 is 0 Å². The van der Waals surface area contributed by atoms with E-state index < -0.39 is 10.8 Å². The molecule has 0 aliphatic carbocycles. The van der Waals surface area contributed by atoms with Crippen molar-refractivity contribution in [3.63, 3.8) is 0 Å². The highest BCUT2D eigenvalue weighted by Gasteiger charge is 2.17. The molecule has 1 N–H and O–H groups in total. The molecule has 0 spiro atoms. The van der Waals surface area contributed by atoms with Crippen molar-refractivity contribution < 1.29 is 9.90 Å². The van der Waals surface area contributed by atoms with Crippen LogP contribution in [-0.2, 0) is 6.42 Å². The SMILES string of the molecule is CC(C)(O)Cc1ccccc1C(=O)Cl. The third kappa shape index (κ3) is 3.13. The van der Waals surface area contributed by atoms with E-state index in [0.717, 1.165) is 5.56 Å². The van der Waals surface area contributed by atoms with E-state index in [1.165, 1.54) is 0 Å². The van der Waals surface area contributed by atoms with Crippen LogP contribution < -0.4 is 0 Å². The molecule has 1 rings (SSSR count). The Morgan fingerprint density at radius 2 is 2.00 bits per heavy atom. The predicted molar refractivity (Wildman–Crippen MR) is 56.6 cm³/mol. The first-order valence-electron chi connectivity index (χ1n) is 4.40. The molecule has 1 aromatic carbocycles. The summed E-state index contributed by atoms with van der Waals surface area (Å²) >= 11 is 5.42. The maximum Gasteiger partial charge on any atom is 0.252 e. The Bertz CT molecular complexity index is 339. The molecule has 0 radical (unpaired) electrons. The van der Waals surface area contributed by atoms with Crippen molar-refractivity contribution in [3.05, 3.63) is 35.4 Å². The van der Waals surface area contributed by atoms with Crippen molar-refractivity contribution in [2.75, 3.05) is 0 Å². The zero-order valence-electron chi connectivity index (χ0n) is 8.25. The topological polar surface area (TPSA) is 37.3 Å². The van der Waals surface area contributed by atoms with E-state index in [1.807, 2.05) is 6.07 Å². The second-order valence-corrected chi connectivity index (χ2v) is 4.26. The molecule has 0 fully saturated rings. The number of carbonyl (C=O) groups excluding carboxylic acids is 1. The third-order valence-corrected chi connectivity index (χ3v) is 2.06. The van der Waals surface area contributed by atoms with E-state index in [0.29, 0.717) is 12.0 Å². The Morgan fingerprint density at radius 1 is 1.43 bits per heavy atom. The van der Waals surface area contributed by atoms with Crippen molar-refractivity contribution in [1.29, 1.82) is 0 Å². The average molecular weight is 213 g/mol. The molecular formula is C11H13ClO2. The maximum atomic E-state index is 11.0. The number of hydrogen-bond donors (Lipinski definition) is 1. The van der Waals surface area contributed by atoms with E-state index in [4.69, 9.17) is 11.6 Å². The fourth-order valence-corrected chi connectivity index (χ4v) is 1.52. The lowest BCUT2D eigenvalue weighted by atomic mass is 9.95. The highest BCUT2D eigenvalue weighted by Crippen LogP contribution is 2.17. The molecule has 0 atom stereocenters. The molecule has 0 saturated carbocycles. The molecule has 0 saturated heterocycles. The van der Waals surface area contributed by atoms with Crippen molar-refractivity contribution >= 4 is 16.8 Å². The molecule has 1 aromatic rings. The Kier molecular flexibility index (Phi) is 3.29. The van der Waals surface area contributed by atoms with Gasteiger partial charge in [0.15, 0.2) is 0 Å². The lowest BCUT2D eigenvalue weighted by Crippen LogP contribution is -2.22. The van der Waals surface area contributed by atoms with Crippen molar-refractivity contribution in [2.45, 2.75) is 25.9 Å². The van der Waals surface area contributed by atoms with E-state index in [9.17, 15) is 9.90 Å². The second kappa shape index (κ2) is 4.11. The Balaban J connectivity index is 3.02. The van der Waals surface area contributed by atoms with Crippen LogP contribution in [0.2, 0.25) is 0 Å². The van der Waals surface area contributed by atoms with Crippen LogP contribution in [-0.4, -0.2) is 16.0 Å². The lowest BCUT2D eigenvalue weighted by Gasteiger charge is -2.18. The molecule has 2 nitrogen and oxygen atoms in total. The van der Waals surface area contributed by atoms with E-state index in [2.05, 4.69) is 0 Å². The van der Waals surface area contributed by atoms with Crippen LogP contribution in [0.4, 0.5) is 0 Å². The first-order chi connectivity index (χ1) is 6.40. The van der Waals surface area contributed by atoms with Gasteiger partial charge in [0.1, 0.15) is 0 Å². The summed E-state index contributed by atoms with van der Waals surface area (Å²) < 4.78 is 0. The number of benzene rings is 1. The van der Waals surface area contributed by atoms with Gasteiger partial charge in [-0.3, -0.25) is 4.79 Å². The van der Waals surface area contributed by atoms with Gasteiger partial charge in [0.05, 0.1) is 5.60 Å². The smallest absolute Gasteiger partial charge is 0.252 e. The third-order valence-electron chi connectivity index (χ3n) is 1.85. The van der Waals surface area contributed by atoms with Crippen molar-refractivity contribution in [2.24, 2.45) is 0 Å². The maximum absolute atomic E-state index is 11.0. The molecule has 0 aliphatic rings. The highest BCUT2D eigenvalue weighted by atomic mass is 35.5. The average Bonchev–Trinajstić information content (AvgIpc) is 2.01. The van der Waals surface area contributed by atoms with Gasteiger partial charge >= 0.3 is 0 Å². The van der Waals surface area contributed by atoms with Gasteiger partial charge < -0.3 is 5.11 Å². The summed E-state index contributed by atoms with van der Waals surface area (Å²) in [5.74, 6) is 0. The predicted octanol–water partition coefficient (Wildman–Crippen LogP) is 2.38. The van der Waals surface area contributed by atoms with Crippen LogP contribution in [0.5, 0.6) is 0 Å². The zero-order chi connectivity index (χ0) is 10.8. The number of aliphatic hydroxyl groups is 1. The minimum atomic E-state index is -0.831. The summed E-state index contributed by atoms with van der Waals surface area (Å²) in [5.41, 5.74) is 0.416. The van der Waals surface area contributed by atoms with Crippen molar-refractivity contribution in [1.82, 2.24) is 0 Å². The molecular weight excluding hydrogens is 200 g/mol. The van der Waals surface area contributed by atoms with Crippen LogP contribution in [0.25, 0.3) is 0 Å². The number of carbonyl (C=O) groups is 1. The highest BCUT2D eigenvalue weighted by molar-refractivity contribution is 6.67. The fraction of sp³-hybridized carbons (Fsp3) is 0.364. The largest absolute Gasteiger partial charge is 0.390 e. The number of halogens is 1. The molecule has 14 heavy (non-hydrogen) atoms. The lowest BCUT2D eigenvalue weighted by molar-refractivity contribution is 0.0807. The fourth-order valence-electron chi connectivity index (χ4n) is 1.33. The van der Waals surface area contributed by atoms with Crippen LogP contribution in [0.1, 0.15) is 29.8 Å². The summed E-state index contributed by atoms with van der Waals surface area (Å²) in [4.78, 5) is 11.0. The van der Waals surface area contributed by atoms with Gasteiger partial charge in [0.2, 0.25) is 0 Å². The minimum Gasteiger partial charge on any atom is -0.390 e. The minimum absolute atomic E-state index is 0.418. The van der Waals surface area contributed by atoms with E-state index in [-0.39, 0.29) is 0 Å². The summed E-state index contributed by atoms with van der Waals surface area (Å²) in [6.45, 7) is 3.39. The monoisotopic (exact) mass is 212 g/mol. The van der Waals surface area contributed by atoms with Crippen molar-refractivity contribution in [3.8, 4) is 0 Å². The first kappa shape index (κ1) is 11.2. The summed E-state index contributed by atoms with van der Waals surface area (Å²) in [7, 11) is 0. The normalized spacial score (nSPS) is 11.4. The van der Waals surface area contributed by atoms with Gasteiger partial charge in [-0.05, 0) is 37.1 Å². The summed E-state index contributed by atoms with van der Waals surface area (Å²) in [5, 5.41) is 9.14. The molecule has 0 unspecified atom stereocenters. The van der Waals surface area contributed by atoms with Crippen LogP contribution in [0.3, 0.4) is 0 Å². The van der Waals surface area contributed by atoms with E-state index in [1.54, 1.807) is 32.0 Å². The summed E-state index contributed by atoms with van der Waals surface area (Å²) in [6.07, 6.45) is 0.418. The summed E-state index contributed by atoms with van der Waals surface area (Å²) in [6, 6.07) is 7.04. The zero-order valence-corrected chi connectivity index (χ0v) is 9.01. The standard InChI is InChI=1S/C11H13ClO2/c1-11(2,14)7-8-5-3-4-6-9(8)10(12)13/h3-6,14H,7H2,1-2H3. The van der Waals surface area contributed by atoms with Gasteiger partial charge in [-0.2, -0.15) is 0 Å². The van der Waals surface area contributed by atoms with Gasteiger partial charge in [-0.25, -0.2) is 0 Å². The molecule has 0 heterocycles. The van der Waals surface area contributed by atoms with Gasteiger partial charge in [-0.1, -0.05) is 18.2 Å². The van der Waals surface area contributed by atoms with Crippen LogP contribution in [0.15, 0.2) is 24.3 Å². The number of rotatable bonds is 3. The first-order valence-corrected chi connectivity index (χ1v) is 4.78. The molecule has 0 aliphatic heterocycles. The molecule has 0 aromatic heterocycles. The molecule has 3 heteroatoms. The number of hydrogen-bond acceptors (Lipinski definition) is 2. The Morgan fingerprint density at radius 3 is 2.50 bits per heavy atom. The second-order valence-electron chi connectivity index (χ2n) is 3.92. The Labute approximate surface area is 88.5 Å².